The molecular weight excluding hydrogens is 334 g/mol. The van der Waals surface area contributed by atoms with Gasteiger partial charge in [0.25, 0.3) is 0 Å². The van der Waals surface area contributed by atoms with Gasteiger partial charge in [0.05, 0.1) is 32.1 Å². The molecule has 0 bridgehead atoms. The van der Waals surface area contributed by atoms with Gasteiger partial charge in [-0.15, -0.1) is 0 Å². The lowest BCUT2D eigenvalue weighted by molar-refractivity contribution is -0.111. The van der Waals surface area contributed by atoms with Crippen LogP contribution in [0.25, 0.3) is 6.08 Å². The maximum atomic E-state index is 12.2. The predicted molar refractivity (Wildman–Crippen MR) is 99.6 cm³/mol. The van der Waals surface area contributed by atoms with Crippen LogP contribution in [0.4, 0.5) is 5.69 Å². The van der Waals surface area contributed by atoms with Crippen molar-refractivity contribution in [2.75, 3.05) is 26.1 Å². The fourth-order valence-electron chi connectivity index (χ4n) is 2.28. The first-order chi connectivity index (χ1) is 12.6. The van der Waals surface area contributed by atoms with Crippen molar-refractivity contribution in [3.8, 4) is 11.5 Å². The third-order valence-electron chi connectivity index (χ3n) is 3.52. The molecule has 6 heteroatoms. The number of rotatable bonds is 7. The molecule has 2 aromatic rings. The van der Waals surface area contributed by atoms with Crippen LogP contribution in [0.2, 0.25) is 0 Å². The Morgan fingerprint density at radius 1 is 1.04 bits per heavy atom. The molecule has 6 nitrogen and oxygen atoms in total. The van der Waals surface area contributed by atoms with Crippen molar-refractivity contribution in [1.29, 1.82) is 0 Å². The summed E-state index contributed by atoms with van der Waals surface area (Å²) in [6, 6.07) is 12.0. The Labute approximate surface area is 152 Å². The van der Waals surface area contributed by atoms with E-state index in [4.69, 9.17) is 14.2 Å². The molecule has 0 fully saturated rings. The van der Waals surface area contributed by atoms with Crippen LogP contribution in [0, 0.1) is 0 Å². The molecule has 2 aromatic carbocycles. The van der Waals surface area contributed by atoms with Gasteiger partial charge in [0.2, 0.25) is 5.91 Å². The maximum Gasteiger partial charge on any atom is 0.340 e. The van der Waals surface area contributed by atoms with Crippen LogP contribution in [0.5, 0.6) is 11.5 Å². The van der Waals surface area contributed by atoms with Crippen LogP contribution in [0.15, 0.2) is 48.5 Å². The van der Waals surface area contributed by atoms with Crippen molar-refractivity contribution >= 4 is 23.6 Å². The van der Waals surface area contributed by atoms with E-state index in [2.05, 4.69) is 5.32 Å². The number of methoxy groups -OCH3 is 2. The lowest BCUT2D eigenvalue weighted by atomic mass is 10.1. The zero-order chi connectivity index (χ0) is 18.9. The van der Waals surface area contributed by atoms with Crippen molar-refractivity contribution < 1.29 is 23.8 Å². The van der Waals surface area contributed by atoms with Gasteiger partial charge >= 0.3 is 5.97 Å². The third kappa shape index (κ3) is 4.86. The standard InChI is InChI=1S/C20H21NO5/c1-4-26-20(23)15-7-5-6-8-16(15)21-19(22)12-10-14-9-11-17(24-2)18(13-14)25-3/h5-13H,4H2,1-3H3,(H,21,22)/b12-10+. The molecular formula is C20H21NO5. The number of anilines is 1. The molecule has 0 aliphatic rings. The van der Waals surface area contributed by atoms with Crippen molar-refractivity contribution in [3.63, 3.8) is 0 Å². The number of hydrogen-bond donors (Lipinski definition) is 1. The van der Waals surface area contributed by atoms with Gasteiger partial charge in [-0.3, -0.25) is 4.79 Å². The molecule has 0 heterocycles. The Bertz CT molecular complexity index is 814. The van der Waals surface area contributed by atoms with E-state index in [1.54, 1.807) is 69.7 Å². The number of benzene rings is 2. The van der Waals surface area contributed by atoms with Gasteiger partial charge in [-0.1, -0.05) is 18.2 Å². The smallest absolute Gasteiger partial charge is 0.340 e. The molecule has 1 N–H and O–H groups in total. The normalized spacial score (nSPS) is 10.4. The lowest BCUT2D eigenvalue weighted by Crippen LogP contribution is -2.13. The average Bonchev–Trinajstić information content (AvgIpc) is 2.66. The van der Waals surface area contributed by atoms with Gasteiger partial charge in [0.1, 0.15) is 0 Å². The fourth-order valence-corrected chi connectivity index (χ4v) is 2.28. The highest BCUT2D eigenvalue weighted by atomic mass is 16.5. The minimum Gasteiger partial charge on any atom is -0.493 e. The van der Waals surface area contributed by atoms with E-state index in [0.717, 1.165) is 5.56 Å². The summed E-state index contributed by atoms with van der Waals surface area (Å²) in [7, 11) is 3.10. The first kappa shape index (κ1) is 19.1. The van der Waals surface area contributed by atoms with E-state index in [9.17, 15) is 9.59 Å². The number of para-hydroxylation sites is 1. The molecule has 0 saturated carbocycles. The summed E-state index contributed by atoms with van der Waals surface area (Å²) in [6.45, 7) is 1.99. The SMILES string of the molecule is CCOC(=O)c1ccccc1NC(=O)/C=C/c1ccc(OC)c(OC)c1. The topological polar surface area (TPSA) is 73.9 Å². The molecule has 136 valence electrons. The number of ether oxygens (including phenoxy) is 3. The maximum absolute atomic E-state index is 12.2. The van der Waals surface area contributed by atoms with E-state index in [0.29, 0.717) is 22.7 Å². The number of carbonyl (C=O) groups excluding carboxylic acids is 2. The van der Waals surface area contributed by atoms with Crippen LogP contribution in [-0.2, 0) is 9.53 Å². The summed E-state index contributed by atoms with van der Waals surface area (Å²) in [4.78, 5) is 24.1. The van der Waals surface area contributed by atoms with E-state index >= 15 is 0 Å². The van der Waals surface area contributed by atoms with Crippen molar-refractivity contribution in [3.05, 3.63) is 59.7 Å². The Morgan fingerprint density at radius 2 is 1.77 bits per heavy atom. The first-order valence-corrected chi connectivity index (χ1v) is 8.06. The number of amides is 1. The summed E-state index contributed by atoms with van der Waals surface area (Å²) in [5.41, 5.74) is 1.48. The van der Waals surface area contributed by atoms with Gasteiger partial charge in [-0.05, 0) is 42.8 Å². The molecule has 0 saturated heterocycles. The monoisotopic (exact) mass is 355 g/mol. The van der Waals surface area contributed by atoms with Gasteiger partial charge in [0, 0.05) is 6.08 Å². The summed E-state index contributed by atoms with van der Waals surface area (Å²) in [5, 5.41) is 2.69. The second-order valence-corrected chi connectivity index (χ2v) is 5.20. The highest BCUT2D eigenvalue weighted by molar-refractivity contribution is 6.06. The molecule has 26 heavy (non-hydrogen) atoms. The van der Waals surface area contributed by atoms with Crippen LogP contribution in [-0.4, -0.2) is 32.7 Å². The molecule has 0 atom stereocenters. The predicted octanol–water partition coefficient (Wildman–Crippen LogP) is 3.53. The van der Waals surface area contributed by atoms with E-state index in [1.165, 1.54) is 6.08 Å². The lowest BCUT2D eigenvalue weighted by Gasteiger charge is -2.09. The molecule has 0 unspecified atom stereocenters. The quantitative estimate of drug-likeness (QED) is 0.607. The third-order valence-corrected chi connectivity index (χ3v) is 3.52. The Kier molecular flexibility index (Phi) is 6.79. The van der Waals surface area contributed by atoms with Crippen molar-refractivity contribution in [2.45, 2.75) is 6.92 Å². The zero-order valence-corrected chi connectivity index (χ0v) is 14.9. The van der Waals surface area contributed by atoms with Gasteiger partial charge in [0.15, 0.2) is 11.5 Å². The average molecular weight is 355 g/mol. The largest absolute Gasteiger partial charge is 0.493 e. The van der Waals surface area contributed by atoms with Crippen molar-refractivity contribution in [1.82, 2.24) is 0 Å². The molecule has 0 aliphatic heterocycles. The van der Waals surface area contributed by atoms with Crippen LogP contribution >= 0.6 is 0 Å². The number of esters is 1. The second-order valence-electron chi connectivity index (χ2n) is 5.20. The molecule has 0 spiro atoms. The van der Waals surface area contributed by atoms with Crippen molar-refractivity contribution in [2.24, 2.45) is 0 Å². The van der Waals surface area contributed by atoms with Crippen LogP contribution in [0.1, 0.15) is 22.8 Å². The van der Waals surface area contributed by atoms with Crippen LogP contribution in [0.3, 0.4) is 0 Å². The highest BCUT2D eigenvalue weighted by Gasteiger charge is 2.12. The Balaban J connectivity index is 2.12. The summed E-state index contributed by atoms with van der Waals surface area (Å²) < 4.78 is 15.4. The molecule has 0 radical (unpaired) electrons. The first-order valence-electron chi connectivity index (χ1n) is 8.06. The number of carbonyl (C=O) groups is 2. The second kappa shape index (κ2) is 9.27. The van der Waals surface area contributed by atoms with Crippen LogP contribution < -0.4 is 14.8 Å². The molecule has 0 aromatic heterocycles. The summed E-state index contributed by atoms with van der Waals surface area (Å²) in [6.07, 6.45) is 3.02. The van der Waals surface area contributed by atoms with Gasteiger partial charge in [-0.25, -0.2) is 4.79 Å². The van der Waals surface area contributed by atoms with E-state index < -0.39 is 5.97 Å². The fraction of sp³-hybridized carbons (Fsp3) is 0.200. The minimum absolute atomic E-state index is 0.264. The van der Waals surface area contributed by atoms with E-state index in [1.807, 2.05) is 0 Å². The molecule has 1 amide bonds. The minimum atomic E-state index is -0.479. The van der Waals surface area contributed by atoms with Gasteiger partial charge < -0.3 is 19.5 Å². The van der Waals surface area contributed by atoms with E-state index in [-0.39, 0.29) is 12.5 Å². The molecule has 0 aliphatic carbocycles. The number of hydrogen-bond acceptors (Lipinski definition) is 5. The number of nitrogens with one attached hydrogen (secondary N) is 1. The highest BCUT2D eigenvalue weighted by Crippen LogP contribution is 2.28. The molecule has 2 rings (SSSR count). The Hall–Kier alpha value is -3.28. The summed E-state index contributed by atoms with van der Waals surface area (Å²) in [5.74, 6) is 0.337. The summed E-state index contributed by atoms with van der Waals surface area (Å²) >= 11 is 0. The van der Waals surface area contributed by atoms with Gasteiger partial charge in [-0.2, -0.15) is 0 Å². The zero-order valence-electron chi connectivity index (χ0n) is 14.9. The Morgan fingerprint density at radius 3 is 2.46 bits per heavy atom.